The normalized spacial score (nSPS) is 20.8. The SMILES string of the molecule is CCC1(C2CCN(C(=O)c3ccccc3C(=O)OC)CC2)NC(=O)N(CCc2scnc2C)C1=O. The molecule has 3 heterocycles. The molecule has 2 aliphatic heterocycles. The maximum Gasteiger partial charge on any atom is 0.338 e. The van der Waals surface area contributed by atoms with Crippen molar-refractivity contribution >= 4 is 35.2 Å². The van der Waals surface area contributed by atoms with Crippen LogP contribution >= 0.6 is 11.3 Å². The van der Waals surface area contributed by atoms with Gasteiger partial charge in [-0.25, -0.2) is 14.6 Å². The number of likely N-dealkylation sites (tertiary alicyclic amines) is 1. The summed E-state index contributed by atoms with van der Waals surface area (Å²) in [6, 6.07) is 6.25. The van der Waals surface area contributed by atoms with Crippen LogP contribution < -0.4 is 5.32 Å². The molecule has 1 aromatic heterocycles. The molecule has 9 nitrogen and oxygen atoms in total. The summed E-state index contributed by atoms with van der Waals surface area (Å²) in [7, 11) is 1.29. The van der Waals surface area contributed by atoms with Crippen LogP contribution in [0.15, 0.2) is 29.8 Å². The molecule has 186 valence electrons. The van der Waals surface area contributed by atoms with Crippen molar-refractivity contribution in [1.29, 1.82) is 0 Å². The summed E-state index contributed by atoms with van der Waals surface area (Å²) in [6.07, 6.45) is 2.22. The predicted octanol–water partition coefficient (Wildman–Crippen LogP) is 3.03. The number of thiazole rings is 1. The molecule has 2 aromatic rings. The highest BCUT2D eigenvalue weighted by atomic mass is 32.1. The van der Waals surface area contributed by atoms with Gasteiger partial charge in [0.2, 0.25) is 0 Å². The van der Waals surface area contributed by atoms with Crippen LogP contribution in [0.4, 0.5) is 4.79 Å². The Kier molecular flexibility index (Phi) is 7.20. The summed E-state index contributed by atoms with van der Waals surface area (Å²) >= 11 is 1.53. The Morgan fingerprint density at radius 3 is 2.49 bits per heavy atom. The number of imide groups is 1. The first-order valence-corrected chi connectivity index (χ1v) is 12.7. The van der Waals surface area contributed by atoms with Gasteiger partial charge in [-0.3, -0.25) is 14.5 Å². The molecule has 2 fully saturated rings. The van der Waals surface area contributed by atoms with Gasteiger partial charge in [0.05, 0.1) is 29.4 Å². The minimum absolute atomic E-state index is 0.0843. The molecular weight excluding hydrogens is 468 g/mol. The molecule has 0 aliphatic carbocycles. The van der Waals surface area contributed by atoms with Crippen molar-refractivity contribution in [2.75, 3.05) is 26.7 Å². The first-order chi connectivity index (χ1) is 16.8. The second kappa shape index (κ2) is 10.2. The molecule has 4 amide bonds. The maximum atomic E-state index is 13.5. The summed E-state index contributed by atoms with van der Waals surface area (Å²) in [5.74, 6) is -1.06. The van der Waals surface area contributed by atoms with Gasteiger partial charge in [0.1, 0.15) is 5.54 Å². The molecule has 2 aliphatic rings. The zero-order valence-corrected chi connectivity index (χ0v) is 21.0. The summed E-state index contributed by atoms with van der Waals surface area (Å²) in [6.45, 7) is 5.02. The molecule has 4 rings (SSSR count). The fraction of sp³-hybridized carbons (Fsp3) is 0.480. The quantitative estimate of drug-likeness (QED) is 0.464. The van der Waals surface area contributed by atoms with E-state index in [2.05, 4.69) is 10.3 Å². The zero-order valence-electron chi connectivity index (χ0n) is 20.2. The number of esters is 1. The van der Waals surface area contributed by atoms with Gasteiger partial charge in [0.15, 0.2) is 0 Å². The molecule has 0 bridgehead atoms. The largest absolute Gasteiger partial charge is 0.465 e. The highest BCUT2D eigenvalue weighted by Gasteiger charge is 2.54. The second-order valence-electron chi connectivity index (χ2n) is 8.93. The molecule has 1 aromatic carbocycles. The number of amides is 4. The lowest BCUT2D eigenvalue weighted by atomic mass is 9.75. The summed E-state index contributed by atoms with van der Waals surface area (Å²) in [5, 5.41) is 3.00. The van der Waals surface area contributed by atoms with Gasteiger partial charge >= 0.3 is 12.0 Å². The Bertz CT molecular complexity index is 1140. The van der Waals surface area contributed by atoms with Gasteiger partial charge in [-0.15, -0.1) is 11.3 Å². The van der Waals surface area contributed by atoms with Gasteiger partial charge in [-0.1, -0.05) is 19.1 Å². The third kappa shape index (κ3) is 4.54. The number of aryl methyl sites for hydroxylation is 1. The Labute approximate surface area is 208 Å². The molecule has 10 heteroatoms. The van der Waals surface area contributed by atoms with Crippen LogP contribution in [0.5, 0.6) is 0 Å². The van der Waals surface area contributed by atoms with E-state index < -0.39 is 11.5 Å². The van der Waals surface area contributed by atoms with Crippen LogP contribution in [-0.2, 0) is 16.0 Å². The molecule has 1 N–H and O–H groups in total. The number of carbonyl (C=O) groups excluding carboxylic acids is 4. The van der Waals surface area contributed by atoms with Crippen molar-refractivity contribution < 1.29 is 23.9 Å². The van der Waals surface area contributed by atoms with Gasteiger partial charge in [-0.05, 0) is 44.2 Å². The smallest absolute Gasteiger partial charge is 0.338 e. The topological polar surface area (TPSA) is 109 Å². The van der Waals surface area contributed by atoms with Gasteiger partial charge in [0, 0.05) is 30.9 Å². The second-order valence-corrected chi connectivity index (χ2v) is 9.87. The van der Waals surface area contributed by atoms with Crippen LogP contribution in [0, 0.1) is 12.8 Å². The number of hydrogen-bond acceptors (Lipinski definition) is 7. The fourth-order valence-corrected chi connectivity index (χ4v) is 5.91. The molecule has 1 unspecified atom stereocenters. The minimum Gasteiger partial charge on any atom is -0.465 e. The average Bonchev–Trinajstić information content (AvgIpc) is 3.41. The molecule has 0 radical (unpaired) electrons. The van der Waals surface area contributed by atoms with Crippen LogP contribution in [0.2, 0.25) is 0 Å². The zero-order chi connectivity index (χ0) is 25.2. The maximum absolute atomic E-state index is 13.5. The molecule has 35 heavy (non-hydrogen) atoms. The number of nitrogens with zero attached hydrogens (tertiary/aromatic N) is 3. The minimum atomic E-state index is -0.959. The van der Waals surface area contributed by atoms with E-state index in [9.17, 15) is 19.2 Å². The molecule has 1 atom stereocenters. The van der Waals surface area contributed by atoms with Gasteiger partial charge < -0.3 is 15.0 Å². The molecular formula is C25H30N4O5S. The fourth-order valence-electron chi connectivity index (χ4n) is 5.14. The number of benzene rings is 1. The number of aromatic nitrogens is 1. The van der Waals surface area contributed by atoms with E-state index in [0.29, 0.717) is 50.9 Å². The number of urea groups is 1. The Morgan fingerprint density at radius 2 is 1.89 bits per heavy atom. The summed E-state index contributed by atoms with van der Waals surface area (Å²) < 4.78 is 4.81. The van der Waals surface area contributed by atoms with E-state index in [-0.39, 0.29) is 29.3 Å². The van der Waals surface area contributed by atoms with E-state index >= 15 is 0 Å². The van der Waals surface area contributed by atoms with Gasteiger partial charge in [0.25, 0.3) is 11.8 Å². The van der Waals surface area contributed by atoms with Crippen molar-refractivity contribution in [2.45, 2.75) is 45.1 Å². The molecule has 0 saturated carbocycles. The molecule has 2 saturated heterocycles. The Hall–Kier alpha value is -3.27. The lowest BCUT2D eigenvalue weighted by molar-refractivity contribution is -0.134. The third-order valence-corrected chi connectivity index (χ3v) is 8.20. The third-order valence-electron chi connectivity index (χ3n) is 7.21. The van der Waals surface area contributed by atoms with Crippen LogP contribution in [0.1, 0.15) is 57.5 Å². The van der Waals surface area contributed by atoms with E-state index in [1.165, 1.54) is 23.3 Å². The van der Waals surface area contributed by atoms with Gasteiger partial charge in [-0.2, -0.15) is 0 Å². The summed E-state index contributed by atoms with van der Waals surface area (Å²) in [5.41, 5.74) is 2.27. The number of carbonyl (C=O) groups is 4. The highest BCUT2D eigenvalue weighted by Crippen LogP contribution is 2.36. The van der Waals surface area contributed by atoms with Crippen LogP contribution in [-0.4, -0.2) is 70.9 Å². The standard InChI is InChI=1S/C25H30N4O5S/c1-4-25(23(32)29(24(33)27-25)14-11-20-16(2)26-15-35-20)17-9-12-28(13-10-17)21(30)18-7-5-6-8-19(18)22(31)34-3/h5-8,15,17H,4,9-14H2,1-3H3,(H,27,33). The molecule has 0 spiro atoms. The van der Waals surface area contributed by atoms with Crippen molar-refractivity contribution in [3.8, 4) is 0 Å². The highest BCUT2D eigenvalue weighted by molar-refractivity contribution is 7.09. The first-order valence-electron chi connectivity index (χ1n) is 11.8. The predicted molar refractivity (Wildman–Crippen MR) is 130 cm³/mol. The average molecular weight is 499 g/mol. The number of ether oxygens (including phenoxy) is 1. The van der Waals surface area contributed by atoms with Crippen LogP contribution in [0.25, 0.3) is 0 Å². The van der Waals surface area contributed by atoms with E-state index in [4.69, 9.17) is 4.74 Å². The van der Waals surface area contributed by atoms with E-state index in [1.807, 2.05) is 13.8 Å². The number of piperidine rings is 1. The van der Waals surface area contributed by atoms with Crippen molar-refractivity contribution in [3.05, 3.63) is 51.5 Å². The van der Waals surface area contributed by atoms with Crippen molar-refractivity contribution in [1.82, 2.24) is 20.1 Å². The first kappa shape index (κ1) is 24.8. The van der Waals surface area contributed by atoms with Crippen molar-refractivity contribution in [2.24, 2.45) is 5.92 Å². The monoisotopic (exact) mass is 498 g/mol. The van der Waals surface area contributed by atoms with E-state index in [0.717, 1.165) is 10.6 Å². The van der Waals surface area contributed by atoms with E-state index in [1.54, 1.807) is 34.7 Å². The number of hydrogen-bond donors (Lipinski definition) is 1. The Morgan fingerprint density at radius 1 is 1.20 bits per heavy atom. The number of rotatable bonds is 7. The van der Waals surface area contributed by atoms with Crippen molar-refractivity contribution in [3.63, 3.8) is 0 Å². The Balaban J connectivity index is 1.44. The lowest BCUT2D eigenvalue weighted by Crippen LogP contribution is -2.56. The summed E-state index contributed by atoms with van der Waals surface area (Å²) in [4.78, 5) is 59.9. The number of nitrogens with one attached hydrogen (secondary N) is 1. The van der Waals surface area contributed by atoms with Crippen LogP contribution in [0.3, 0.4) is 0 Å². The lowest BCUT2D eigenvalue weighted by Gasteiger charge is -2.40. The number of methoxy groups -OCH3 is 1.